The van der Waals surface area contributed by atoms with Crippen molar-refractivity contribution in [3.63, 3.8) is 0 Å². The van der Waals surface area contributed by atoms with Crippen LogP contribution in [0.1, 0.15) is 52.4 Å². The van der Waals surface area contributed by atoms with Crippen LogP contribution < -0.4 is 5.73 Å². The summed E-state index contributed by atoms with van der Waals surface area (Å²) in [7, 11) is 0. The predicted molar refractivity (Wildman–Crippen MR) is 75.9 cm³/mol. The van der Waals surface area contributed by atoms with E-state index in [9.17, 15) is 0 Å². The maximum atomic E-state index is 8.67. The van der Waals surface area contributed by atoms with E-state index in [4.69, 9.17) is 10.9 Å². The highest BCUT2D eigenvalue weighted by atomic mass is 16.4. The van der Waals surface area contributed by atoms with Crippen LogP contribution in [0.4, 0.5) is 0 Å². The van der Waals surface area contributed by atoms with E-state index in [0.29, 0.717) is 5.84 Å². The Hall–Kier alpha value is -0.770. The quantitative estimate of drug-likeness (QED) is 0.318. The van der Waals surface area contributed by atoms with Gasteiger partial charge in [-0.25, -0.2) is 0 Å². The molecule has 0 heterocycles. The van der Waals surface area contributed by atoms with Gasteiger partial charge in [0.1, 0.15) is 5.84 Å². The number of hydrogen-bond donors (Lipinski definition) is 2. The molecule has 4 heteroatoms. The Morgan fingerprint density at radius 1 is 1.39 bits per heavy atom. The molecule has 0 aromatic carbocycles. The highest BCUT2D eigenvalue weighted by Gasteiger charge is 2.16. The van der Waals surface area contributed by atoms with Crippen LogP contribution in [0.15, 0.2) is 5.16 Å². The van der Waals surface area contributed by atoms with Crippen LogP contribution in [-0.2, 0) is 0 Å². The Balaban J connectivity index is 2.28. The van der Waals surface area contributed by atoms with Crippen molar-refractivity contribution < 1.29 is 5.21 Å². The normalized spacial score (nSPS) is 20.3. The second kappa shape index (κ2) is 8.35. The first-order valence-corrected chi connectivity index (χ1v) is 7.37. The Labute approximate surface area is 111 Å². The summed E-state index contributed by atoms with van der Waals surface area (Å²) in [6.45, 7) is 7.26. The summed E-state index contributed by atoms with van der Waals surface area (Å²) in [5.74, 6) is 1.39. The highest BCUT2D eigenvalue weighted by molar-refractivity contribution is 5.82. The van der Waals surface area contributed by atoms with E-state index in [1.165, 1.54) is 38.5 Å². The molecule has 1 rings (SSSR count). The van der Waals surface area contributed by atoms with Crippen LogP contribution in [0.5, 0.6) is 0 Å². The van der Waals surface area contributed by atoms with Gasteiger partial charge in [0, 0.05) is 12.5 Å². The van der Waals surface area contributed by atoms with Gasteiger partial charge in [-0.2, -0.15) is 0 Å². The summed E-state index contributed by atoms with van der Waals surface area (Å²) in [6, 6.07) is 0. The van der Waals surface area contributed by atoms with E-state index in [2.05, 4.69) is 17.0 Å². The zero-order valence-electron chi connectivity index (χ0n) is 11.9. The first-order chi connectivity index (χ1) is 8.67. The number of rotatable bonds is 7. The van der Waals surface area contributed by atoms with Crippen LogP contribution in [0, 0.1) is 11.8 Å². The van der Waals surface area contributed by atoms with Gasteiger partial charge in [0.15, 0.2) is 0 Å². The number of amidine groups is 1. The highest BCUT2D eigenvalue weighted by Crippen LogP contribution is 2.26. The third-order valence-corrected chi connectivity index (χ3v) is 4.18. The lowest BCUT2D eigenvalue weighted by Gasteiger charge is -2.27. The van der Waals surface area contributed by atoms with Gasteiger partial charge in [-0.3, -0.25) is 0 Å². The van der Waals surface area contributed by atoms with E-state index in [1.807, 2.05) is 6.92 Å². The average Bonchev–Trinajstić information content (AvgIpc) is 2.43. The van der Waals surface area contributed by atoms with E-state index in [-0.39, 0.29) is 5.92 Å². The molecular weight excluding hydrogens is 226 g/mol. The Bertz CT molecular complexity index is 249. The third-order valence-electron chi connectivity index (χ3n) is 4.18. The van der Waals surface area contributed by atoms with Gasteiger partial charge in [0.2, 0.25) is 0 Å². The summed E-state index contributed by atoms with van der Waals surface area (Å²) in [6.07, 6.45) is 8.38. The van der Waals surface area contributed by atoms with Crippen LogP contribution in [0.2, 0.25) is 0 Å². The molecule has 18 heavy (non-hydrogen) atoms. The van der Waals surface area contributed by atoms with E-state index < -0.39 is 0 Å². The summed E-state index contributed by atoms with van der Waals surface area (Å²) in [5.41, 5.74) is 5.63. The van der Waals surface area contributed by atoms with Gasteiger partial charge in [-0.05, 0) is 25.4 Å². The molecule has 1 unspecified atom stereocenters. The molecule has 0 bridgehead atoms. The van der Waals surface area contributed by atoms with Gasteiger partial charge < -0.3 is 15.8 Å². The maximum absolute atomic E-state index is 8.67. The Morgan fingerprint density at radius 2 is 2.06 bits per heavy atom. The van der Waals surface area contributed by atoms with Crippen molar-refractivity contribution in [2.24, 2.45) is 22.7 Å². The summed E-state index contributed by atoms with van der Waals surface area (Å²) in [4.78, 5) is 2.41. The fourth-order valence-electron chi connectivity index (χ4n) is 2.80. The fourth-order valence-corrected chi connectivity index (χ4v) is 2.80. The van der Waals surface area contributed by atoms with E-state index in [1.54, 1.807) is 0 Å². The largest absolute Gasteiger partial charge is 0.409 e. The summed E-state index contributed by atoms with van der Waals surface area (Å²) in [5, 5.41) is 11.8. The monoisotopic (exact) mass is 255 g/mol. The summed E-state index contributed by atoms with van der Waals surface area (Å²) >= 11 is 0. The van der Waals surface area contributed by atoms with Crippen LogP contribution in [0.3, 0.4) is 0 Å². The van der Waals surface area contributed by atoms with Crippen LogP contribution in [-0.4, -0.2) is 35.6 Å². The van der Waals surface area contributed by atoms with Crippen LogP contribution >= 0.6 is 0 Å². The van der Waals surface area contributed by atoms with Gasteiger partial charge in [-0.15, -0.1) is 0 Å². The molecule has 1 fully saturated rings. The fraction of sp³-hybridized carbons (Fsp3) is 0.929. The SMILES string of the molecule is CCN(CCC1CCCCC1)CC(C)C(N)=NO. The van der Waals surface area contributed by atoms with Crippen molar-refractivity contribution in [1.82, 2.24) is 4.90 Å². The molecule has 106 valence electrons. The number of nitrogens with zero attached hydrogens (tertiary/aromatic N) is 2. The first kappa shape index (κ1) is 15.3. The molecule has 3 N–H and O–H groups in total. The lowest BCUT2D eigenvalue weighted by Crippen LogP contribution is -2.36. The predicted octanol–water partition coefficient (Wildman–Crippen LogP) is 2.66. The second-order valence-corrected chi connectivity index (χ2v) is 5.61. The molecule has 1 saturated carbocycles. The number of nitrogens with two attached hydrogens (primary N) is 1. The van der Waals surface area contributed by atoms with Gasteiger partial charge in [0.25, 0.3) is 0 Å². The lowest BCUT2D eigenvalue weighted by atomic mass is 9.87. The summed E-state index contributed by atoms with van der Waals surface area (Å²) < 4.78 is 0. The molecule has 0 radical (unpaired) electrons. The molecule has 0 aliphatic heterocycles. The minimum absolute atomic E-state index is 0.126. The molecule has 1 aliphatic rings. The van der Waals surface area contributed by atoms with E-state index in [0.717, 1.165) is 25.6 Å². The van der Waals surface area contributed by atoms with Gasteiger partial charge in [0.05, 0.1) is 0 Å². The maximum Gasteiger partial charge on any atom is 0.143 e. The molecule has 0 aromatic heterocycles. The van der Waals surface area contributed by atoms with Crippen LogP contribution in [0.25, 0.3) is 0 Å². The van der Waals surface area contributed by atoms with Crippen molar-refractivity contribution in [2.45, 2.75) is 52.4 Å². The molecular formula is C14H29N3O. The number of hydrogen-bond acceptors (Lipinski definition) is 3. The molecule has 0 amide bonds. The topological polar surface area (TPSA) is 61.8 Å². The molecule has 1 aliphatic carbocycles. The second-order valence-electron chi connectivity index (χ2n) is 5.61. The molecule has 0 spiro atoms. The zero-order chi connectivity index (χ0) is 13.4. The third kappa shape index (κ3) is 5.25. The number of oxime groups is 1. The average molecular weight is 255 g/mol. The zero-order valence-corrected chi connectivity index (χ0v) is 11.9. The van der Waals surface area contributed by atoms with Crippen molar-refractivity contribution in [1.29, 1.82) is 0 Å². The molecule has 0 saturated heterocycles. The lowest BCUT2D eigenvalue weighted by molar-refractivity contribution is 0.228. The van der Waals surface area contributed by atoms with Gasteiger partial charge in [-0.1, -0.05) is 51.1 Å². The molecule has 4 nitrogen and oxygen atoms in total. The van der Waals surface area contributed by atoms with Crippen molar-refractivity contribution in [3.8, 4) is 0 Å². The standard InChI is InChI=1S/C14H29N3O/c1-3-17(11-12(2)14(15)16-18)10-9-13-7-5-4-6-8-13/h12-13,18H,3-11H2,1-2H3,(H2,15,16). The minimum atomic E-state index is 0.126. The molecule has 0 aromatic rings. The van der Waals surface area contributed by atoms with Crippen molar-refractivity contribution in [3.05, 3.63) is 0 Å². The van der Waals surface area contributed by atoms with Crippen molar-refractivity contribution >= 4 is 5.84 Å². The Morgan fingerprint density at radius 3 is 2.61 bits per heavy atom. The first-order valence-electron chi connectivity index (χ1n) is 7.37. The van der Waals surface area contributed by atoms with E-state index >= 15 is 0 Å². The Kier molecular flexibility index (Phi) is 7.09. The van der Waals surface area contributed by atoms with Gasteiger partial charge >= 0.3 is 0 Å². The minimum Gasteiger partial charge on any atom is -0.409 e. The smallest absolute Gasteiger partial charge is 0.143 e. The van der Waals surface area contributed by atoms with Crippen molar-refractivity contribution in [2.75, 3.05) is 19.6 Å². The molecule has 1 atom stereocenters.